The minimum absolute atomic E-state index is 0.230. The van der Waals surface area contributed by atoms with Crippen LogP contribution in [0.25, 0.3) is 11.1 Å². The molecule has 9 heteroatoms. The third-order valence-corrected chi connectivity index (χ3v) is 7.22. The first-order valence-corrected chi connectivity index (χ1v) is 14.8. The van der Waals surface area contributed by atoms with E-state index in [1.807, 2.05) is 74.5 Å². The van der Waals surface area contributed by atoms with Crippen LogP contribution in [-0.2, 0) is 30.7 Å². The summed E-state index contributed by atoms with van der Waals surface area (Å²) in [6.07, 6.45) is 0.524. The first kappa shape index (κ1) is 30.0. The second-order valence-corrected chi connectivity index (χ2v) is 11.6. The third kappa shape index (κ3) is 9.02. The van der Waals surface area contributed by atoms with Crippen LogP contribution >= 0.6 is 0 Å². The van der Waals surface area contributed by atoms with Gasteiger partial charge in [0.2, 0.25) is 0 Å². The lowest BCUT2D eigenvalue weighted by molar-refractivity contribution is -0.139. The molecule has 2 N–H and O–H groups in total. The van der Waals surface area contributed by atoms with Crippen molar-refractivity contribution in [3.8, 4) is 11.1 Å². The molecule has 0 saturated carbocycles. The smallest absolute Gasteiger partial charge is 0.326 e. The second-order valence-electron chi connectivity index (χ2n) is 9.35. The Morgan fingerprint density at radius 3 is 2.31 bits per heavy atom. The summed E-state index contributed by atoms with van der Waals surface area (Å²) in [6.45, 7) is 5.08. The lowest BCUT2D eigenvalue weighted by atomic mass is 9.93. The molecule has 8 nitrogen and oxygen atoms in total. The Morgan fingerprint density at radius 2 is 1.67 bits per heavy atom. The van der Waals surface area contributed by atoms with Crippen molar-refractivity contribution >= 4 is 21.7 Å². The Bertz CT molecular complexity index is 1370. The average molecular weight is 554 g/mol. The van der Waals surface area contributed by atoms with Gasteiger partial charge in [-0.05, 0) is 60.2 Å². The lowest BCUT2D eigenvalue weighted by Crippen LogP contribution is -2.42. The van der Waals surface area contributed by atoms with Gasteiger partial charge in [-0.1, -0.05) is 60.7 Å². The van der Waals surface area contributed by atoms with Crippen LogP contribution in [0.1, 0.15) is 46.5 Å². The number of aliphatic carboxylic acids is 1. The summed E-state index contributed by atoms with van der Waals surface area (Å²) in [7, 11) is -3.39. The van der Waals surface area contributed by atoms with E-state index in [1.165, 1.54) is 0 Å². The number of amides is 1. The molecule has 0 spiro atoms. The molecule has 3 aromatic rings. The molecule has 3 aromatic carbocycles. The van der Waals surface area contributed by atoms with Crippen LogP contribution < -0.4 is 5.32 Å². The van der Waals surface area contributed by atoms with Gasteiger partial charge in [-0.15, -0.1) is 0 Å². The zero-order chi connectivity index (χ0) is 28.4. The highest BCUT2D eigenvalue weighted by molar-refractivity contribution is 7.90. The van der Waals surface area contributed by atoms with Gasteiger partial charge in [-0.25, -0.2) is 13.2 Å². The van der Waals surface area contributed by atoms with Gasteiger partial charge < -0.3 is 19.9 Å². The van der Waals surface area contributed by atoms with Gasteiger partial charge in [0.1, 0.15) is 22.0 Å². The van der Waals surface area contributed by atoms with Crippen molar-refractivity contribution in [3.05, 3.63) is 95.1 Å². The molecular weight excluding hydrogens is 518 g/mol. The van der Waals surface area contributed by atoms with Gasteiger partial charge in [-0.3, -0.25) is 4.79 Å². The highest BCUT2D eigenvalue weighted by atomic mass is 32.2. The number of ether oxygens (including phenoxy) is 2. The van der Waals surface area contributed by atoms with Crippen LogP contribution in [0.4, 0.5) is 0 Å². The van der Waals surface area contributed by atoms with E-state index < -0.39 is 27.8 Å². The summed E-state index contributed by atoms with van der Waals surface area (Å²) in [6, 6.07) is 21.3. The summed E-state index contributed by atoms with van der Waals surface area (Å²) in [5, 5.41) is 12.1. The number of aryl methyl sites for hydroxylation is 1. The average Bonchev–Trinajstić information content (AvgIpc) is 2.91. The molecule has 0 aliphatic heterocycles. The predicted octanol–water partition coefficient (Wildman–Crippen LogP) is 4.57. The minimum atomic E-state index is -3.39. The van der Waals surface area contributed by atoms with Gasteiger partial charge in [0.25, 0.3) is 5.91 Å². The predicted molar refractivity (Wildman–Crippen MR) is 150 cm³/mol. The molecule has 0 radical (unpaired) electrons. The maximum absolute atomic E-state index is 13.3. The third-order valence-electron chi connectivity index (χ3n) is 6.24. The van der Waals surface area contributed by atoms with Crippen LogP contribution in [0.3, 0.4) is 0 Å². The van der Waals surface area contributed by atoms with E-state index in [0.29, 0.717) is 18.8 Å². The summed E-state index contributed by atoms with van der Waals surface area (Å²) in [5.41, 5.74) is 4.49. The molecule has 208 valence electrons. The van der Waals surface area contributed by atoms with E-state index in [2.05, 4.69) is 5.32 Å². The zero-order valence-electron chi connectivity index (χ0n) is 22.4. The Labute approximate surface area is 229 Å². The fourth-order valence-corrected chi connectivity index (χ4v) is 4.80. The van der Waals surface area contributed by atoms with Crippen molar-refractivity contribution < 1.29 is 32.6 Å². The van der Waals surface area contributed by atoms with Crippen LogP contribution in [0.15, 0.2) is 72.8 Å². The van der Waals surface area contributed by atoms with Gasteiger partial charge in [0.15, 0.2) is 0 Å². The summed E-state index contributed by atoms with van der Waals surface area (Å²) < 4.78 is 35.0. The number of hydrogen-bond acceptors (Lipinski definition) is 6. The number of hydrogen-bond donors (Lipinski definition) is 2. The van der Waals surface area contributed by atoms with Gasteiger partial charge in [0, 0.05) is 18.4 Å². The van der Waals surface area contributed by atoms with E-state index in [1.54, 1.807) is 12.1 Å². The highest BCUT2D eigenvalue weighted by Gasteiger charge is 2.24. The van der Waals surface area contributed by atoms with Crippen molar-refractivity contribution in [1.82, 2.24) is 5.32 Å². The number of rotatable bonds is 14. The number of carboxylic acids is 1. The molecule has 39 heavy (non-hydrogen) atoms. The maximum atomic E-state index is 13.3. The summed E-state index contributed by atoms with van der Waals surface area (Å²) in [4.78, 5) is 25.0. The van der Waals surface area contributed by atoms with Crippen LogP contribution in [-0.4, -0.2) is 56.7 Å². The topological polar surface area (TPSA) is 119 Å². The molecule has 0 unspecified atom stereocenters. The van der Waals surface area contributed by atoms with Crippen molar-refractivity contribution in [2.75, 3.05) is 25.2 Å². The van der Waals surface area contributed by atoms with Crippen molar-refractivity contribution in [2.24, 2.45) is 0 Å². The molecule has 0 aliphatic carbocycles. The lowest BCUT2D eigenvalue weighted by Gasteiger charge is -2.20. The Kier molecular flexibility index (Phi) is 10.8. The van der Waals surface area contributed by atoms with E-state index in [4.69, 9.17) is 9.47 Å². The monoisotopic (exact) mass is 553 g/mol. The standard InChI is InChI=1S/C30H35NO7S/c1-4-37-20-28(23-11-6-5-7-12-23)38-19-22-14-15-25(26(18-22)24-13-9-8-10-21(24)2)29(32)31-27(30(33)34)16-17-39(3,35)36/h5-15,18,27-28H,4,16-17,19-20H2,1-3H3,(H,31,32)(H,33,34)/t27-,28+/m0/s1. The fraction of sp³-hybridized carbons (Fsp3) is 0.333. The fourth-order valence-electron chi connectivity index (χ4n) is 4.13. The Morgan fingerprint density at radius 1 is 0.974 bits per heavy atom. The Hall–Kier alpha value is -3.53. The van der Waals surface area contributed by atoms with Crippen LogP contribution in [0.2, 0.25) is 0 Å². The molecule has 2 atom stereocenters. The number of carbonyl (C=O) groups is 2. The molecule has 0 aromatic heterocycles. The number of benzene rings is 3. The summed E-state index contributed by atoms with van der Waals surface area (Å²) >= 11 is 0. The molecule has 0 aliphatic rings. The van der Waals surface area contributed by atoms with Crippen molar-refractivity contribution in [1.29, 1.82) is 0 Å². The maximum Gasteiger partial charge on any atom is 0.326 e. The SMILES string of the molecule is CCOC[C@@H](OCc1ccc(C(=O)N[C@@H](CCS(C)(=O)=O)C(=O)O)c(-c2ccccc2C)c1)c1ccccc1. The largest absolute Gasteiger partial charge is 0.480 e. The molecular formula is C30H35NO7S. The molecule has 0 fully saturated rings. The number of nitrogens with one attached hydrogen (secondary N) is 1. The Balaban J connectivity index is 1.90. The number of sulfone groups is 1. The molecule has 1 amide bonds. The van der Waals surface area contributed by atoms with E-state index in [0.717, 1.165) is 28.5 Å². The van der Waals surface area contributed by atoms with E-state index >= 15 is 0 Å². The second kappa shape index (κ2) is 14.0. The number of carboxylic acid groups (broad SMARTS) is 1. The van der Waals surface area contributed by atoms with Crippen molar-refractivity contribution in [3.63, 3.8) is 0 Å². The first-order valence-electron chi connectivity index (χ1n) is 12.7. The minimum Gasteiger partial charge on any atom is -0.480 e. The normalized spacial score (nSPS) is 13.0. The van der Waals surface area contributed by atoms with Gasteiger partial charge in [-0.2, -0.15) is 0 Å². The van der Waals surface area contributed by atoms with Crippen molar-refractivity contribution in [2.45, 2.75) is 39.0 Å². The highest BCUT2D eigenvalue weighted by Crippen LogP contribution is 2.29. The summed E-state index contributed by atoms with van der Waals surface area (Å²) in [5.74, 6) is -2.24. The first-order chi connectivity index (χ1) is 18.6. The molecule has 0 saturated heterocycles. The molecule has 0 bridgehead atoms. The number of carbonyl (C=O) groups excluding carboxylic acids is 1. The van der Waals surface area contributed by atoms with E-state index in [9.17, 15) is 23.1 Å². The molecule has 3 rings (SSSR count). The molecule has 0 heterocycles. The van der Waals surface area contributed by atoms with Gasteiger partial charge in [0.05, 0.1) is 19.0 Å². The van der Waals surface area contributed by atoms with Crippen LogP contribution in [0.5, 0.6) is 0 Å². The van der Waals surface area contributed by atoms with Crippen LogP contribution in [0, 0.1) is 6.92 Å². The van der Waals surface area contributed by atoms with E-state index in [-0.39, 0.29) is 30.4 Å². The quantitative estimate of drug-likeness (QED) is 0.300. The zero-order valence-corrected chi connectivity index (χ0v) is 23.2. The van der Waals surface area contributed by atoms with Gasteiger partial charge >= 0.3 is 5.97 Å².